The molecule has 0 aromatic carbocycles. The van der Waals surface area contributed by atoms with E-state index in [4.69, 9.17) is 0 Å². The normalized spacial score (nSPS) is 18.0. The zero-order chi connectivity index (χ0) is 15.4. The summed E-state index contributed by atoms with van der Waals surface area (Å²) < 4.78 is 0. The number of nitrogens with one attached hydrogen (secondary N) is 1. The van der Waals surface area contributed by atoms with E-state index in [0.29, 0.717) is 6.54 Å². The summed E-state index contributed by atoms with van der Waals surface area (Å²) in [5.41, 5.74) is 1.68. The van der Waals surface area contributed by atoms with Crippen molar-refractivity contribution in [2.75, 3.05) is 23.3 Å². The first kappa shape index (κ1) is 14.4. The van der Waals surface area contributed by atoms with E-state index in [1.165, 1.54) is 0 Å². The van der Waals surface area contributed by atoms with Crippen LogP contribution < -0.4 is 10.2 Å². The van der Waals surface area contributed by atoms with Crippen molar-refractivity contribution in [2.24, 2.45) is 5.92 Å². The Morgan fingerprint density at radius 3 is 2.77 bits per heavy atom. The van der Waals surface area contributed by atoms with Crippen molar-refractivity contribution in [2.45, 2.75) is 19.8 Å². The van der Waals surface area contributed by atoms with E-state index in [1.54, 1.807) is 24.5 Å². The number of piperidine rings is 1. The average molecular weight is 297 g/mol. The average Bonchev–Trinajstić information content (AvgIpc) is 2.56. The van der Waals surface area contributed by atoms with Gasteiger partial charge in [-0.1, -0.05) is 0 Å². The number of carbonyl (C=O) groups is 1. The molecule has 1 fully saturated rings. The SMILES string of the molecule is Cc1ccc(N2CCCC(C(=O)Nc3ccncc3)C2)nn1. The lowest BCUT2D eigenvalue weighted by atomic mass is 9.97. The van der Waals surface area contributed by atoms with Crippen molar-refractivity contribution in [1.29, 1.82) is 0 Å². The molecule has 1 N–H and O–H groups in total. The number of amides is 1. The molecule has 6 heteroatoms. The number of rotatable bonds is 3. The van der Waals surface area contributed by atoms with Gasteiger partial charge in [0.05, 0.1) is 11.6 Å². The first-order valence-corrected chi connectivity index (χ1v) is 7.48. The van der Waals surface area contributed by atoms with Crippen LogP contribution in [0.2, 0.25) is 0 Å². The van der Waals surface area contributed by atoms with Crippen LogP contribution in [0.3, 0.4) is 0 Å². The Labute approximate surface area is 129 Å². The molecule has 0 bridgehead atoms. The third-order valence-corrected chi connectivity index (χ3v) is 3.85. The van der Waals surface area contributed by atoms with Crippen molar-refractivity contribution >= 4 is 17.4 Å². The molecule has 1 saturated heterocycles. The summed E-state index contributed by atoms with van der Waals surface area (Å²) >= 11 is 0. The standard InChI is InChI=1S/C16H19N5O/c1-12-4-5-15(20-19-12)21-10-2-3-13(11-21)16(22)18-14-6-8-17-9-7-14/h4-9,13H,2-3,10-11H2,1H3,(H,17,18,22). The predicted molar refractivity (Wildman–Crippen MR) is 84.6 cm³/mol. The largest absolute Gasteiger partial charge is 0.354 e. The maximum absolute atomic E-state index is 12.4. The molecule has 1 atom stereocenters. The fraction of sp³-hybridized carbons (Fsp3) is 0.375. The lowest BCUT2D eigenvalue weighted by Gasteiger charge is -2.32. The number of hydrogen-bond donors (Lipinski definition) is 1. The Morgan fingerprint density at radius 1 is 1.23 bits per heavy atom. The zero-order valence-electron chi connectivity index (χ0n) is 12.6. The predicted octanol–water partition coefficient (Wildman–Crippen LogP) is 2.04. The number of nitrogens with zero attached hydrogens (tertiary/aromatic N) is 4. The Balaban J connectivity index is 1.65. The monoisotopic (exact) mass is 297 g/mol. The van der Waals surface area contributed by atoms with E-state index in [1.807, 2.05) is 19.1 Å². The highest BCUT2D eigenvalue weighted by Gasteiger charge is 2.26. The molecule has 0 spiro atoms. The van der Waals surface area contributed by atoms with E-state index >= 15 is 0 Å². The second kappa shape index (κ2) is 6.51. The van der Waals surface area contributed by atoms with Crippen molar-refractivity contribution in [3.63, 3.8) is 0 Å². The van der Waals surface area contributed by atoms with Crippen LogP contribution in [0.15, 0.2) is 36.7 Å². The molecule has 1 aliphatic heterocycles. The number of anilines is 2. The third kappa shape index (κ3) is 3.39. The van der Waals surface area contributed by atoms with E-state index in [9.17, 15) is 4.79 Å². The Bertz CT molecular complexity index is 629. The van der Waals surface area contributed by atoms with Crippen LogP contribution >= 0.6 is 0 Å². The van der Waals surface area contributed by atoms with Gasteiger partial charge in [-0.05, 0) is 44.0 Å². The summed E-state index contributed by atoms with van der Waals surface area (Å²) in [4.78, 5) is 18.5. The van der Waals surface area contributed by atoms with Gasteiger partial charge >= 0.3 is 0 Å². The topological polar surface area (TPSA) is 71.0 Å². The highest BCUT2D eigenvalue weighted by molar-refractivity contribution is 5.92. The summed E-state index contributed by atoms with van der Waals surface area (Å²) in [6.45, 7) is 3.50. The fourth-order valence-corrected chi connectivity index (χ4v) is 2.64. The van der Waals surface area contributed by atoms with Crippen LogP contribution in [0.5, 0.6) is 0 Å². The molecular weight excluding hydrogens is 278 g/mol. The minimum atomic E-state index is -0.0370. The number of aryl methyl sites for hydroxylation is 1. The van der Waals surface area contributed by atoms with E-state index in [-0.39, 0.29) is 11.8 Å². The molecule has 6 nitrogen and oxygen atoms in total. The maximum atomic E-state index is 12.4. The summed E-state index contributed by atoms with van der Waals surface area (Å²) in [7, 11) is 0. The number of pyridine rings is 1. The molecule has 1 amide bonds. The Hall–Kier alpha value is -2.50. The Kier molecular flexibility index (Phi) is 4.27. The van der Waals surface area contributed by atoms with Crippen molar-refractivity contribution in [3.05, 3.63) is 42.4 Å². The molecule has 2 aromatic rings. The minimum absolute atomic E-state index is 0.0370. The van der Waals surface area contributed by atoms with Gasteiger partial charge in [0, 0.05) is 31.2 Å². The smallest absolute Gasteiger partial charge is 0.229 e. The molecule has 22 heavy (non-hydrogen) atoms. The lowest BCUT2D eigenvalue weighted by molar-refractivity contribution is -0.120. The zero-order valence-corrected chi connectivity index (χ0v) is 12.6. The highest BCUT2D eigenvalue weighted by Crippen LogP contribution is 2.22. The first-order chi connectivity index (χ1) is 10.7. The van der Waals surface area contributed by atoms with Crippen LogP contribution in [0.4, 0.5) is 11.5 Å². The van der Waals surface area contributed by atoms with E-state index in [2.05, 4.69) is 25.4 Å². The van der Waals surface area contributed by atoms with Crippen molar-refractivity contribution in [3.8, 4) is 0 Å². The molecular formula is C16H19N5O. The maximum Gasteiger partial charge on any atom is 0.229 e. The molecule has 1 aliphatic rings. The molecule has 2 aromatic heterocycles. The van der Waals surface area contributed by atoms with Gasteiger partial charge < -0.3 is 10.2 Å². The fourth-order valence-electron chi connectivity index (χ4n) is 2.64. The summed E-state index contributed by atoms with van der Waals surface area (Å²) in [6.07, 6.45) is 5.21. The molecule has 0 aliphatic carbocycles. The van der Waals surface area contributed by atoms with E-state index in [0.717, 1.165) is 36.6 Å². The summed E-state index contributed by atoms with van der Waals surface area (Å²) in [6, 6.07) is 7.50. The van der Waals surface area contributed by atoms with Gasteiger partial charge in [0.2, 0.25) is 5.91 Å². The quantitative estimate of drug-likeness (QED) is 0.938. The van der Waals surface area contributed by atoms with Crippen LogP contribution in [0.25, 0.3) is 0 Å². The first-order valence-electron chi connectivity index (χ1n) is 7.48. The second-order valence-electron chi connectivity index (χ2n) is 5.54. The third-order valence-electron chi connectivity index (χ3n) is 3.85. The van der Waals surface area contributed by atoms with Gasteiger partial charge in [0.25, 0.3) is 0 Å². The van der Waals surface area contributed by atoms with Crippen molar-refractivity contribution in [1.82, 2.24) is 15.2 Å². The van der Waals surface area contributed by atoms with Crippen molar-refractivity contribution < 1.29 is 4.79 Å². The highest BCUT2D eigenvalue weighted by atomic mass is 16.1. The van der Waals surface area contributed by atoms with Crippen LogP contribution in [-0.2, 0) is 4.79 Å². The number of carbonyl (C=O) groups excluding carboxylic acids is 1. The molecule has 0 saturated carbocycles. The van der Waals surface area contributed by atoms with Gasteiger partial charge in [-0.25, -0.2) is 0 Å². The molecule has 0 radical (unpaired) electrons. The lowest BCUT2D eigenvalue weighted by Crippen LogP contribution is -2.41. The summed E-state index contributed by atoms with van der Waals surface area (Å²) in [5, 5.41) is 11.3. The van der Waals surface area contributed by atoms with Gasteiger partial charge in [0.15, 0.2) is 5.82 Å². The van der Waals surface area contributed by atoms with E-state index < -0.39 is 0 Å². The number of hydrogen-bond acceptors (Lipinski definition) is 5. The van der Waals surface area contributed by atoms with Crippen LogP contribution in [0, 0.1) is 12.8 Å². The number of aromatic nitrogens is 3. The molecule has 3 rings (SSSR count). The van der Waals surface area contributed by atoms with Gasteiger partial charge in [-0.15, -0.1) is 5.10 Å². The van der Waals surface area contributed by atoms with Crippen LogP contribution in [0.1, 0.15) is 18.5 Å². The summed E-state index contributed by atoms with van der Waals surface area (Å²) in [5.74, 6) is 0.855. The van der Waals surface area contributed by atoms with Gasteiger partial charge in [0.1, 0.15) is 0 Å². The van der Waals surface area contributed by atoms with Crippen LogP contribution in [-0.4, -0.2) is 34.2 Å². The second-order valence-corrected chi connectivity index (χ2v) is 5.54. The van der Waals surface area contributed by atoms with Gasteiger partial charge in [-0.3, -0.25) is 9.78 Å². The van der Waals surface area contributed by atoms with Gasteiger partial charge in [-0.2, -0.15) is 5.10 Å². The molecule has 114 valence electrons. The minimum Gasteiger partial charge on any atom is -0.354 e. The molecule has 1 unspecified atom stereocenters. The Morgan fingerprint density at radius 2 is 2.05 bits per heavy atom. The molecule has 3 heterocycles.